The Hall–Kier alpha value is -1.32. The molecule has 0 saturated carbocycles. The second-order valence-electron chi connectivity index (χ2n) is 4.95. The molecule has 1 aromatic rings. The minimum absolute atomic E-state index is 0.579. The molecule has 0 spiro atoms. The van der Waals surface area contributed by atoms with Gasteiger partial charge in [0.1, 0.15) is 5.82 Å². The van der Waals surface area contributed by atoms with Gasteiger partial charge in [-0.1, -0.05) is 6.92 Å². The summed E-state index contributed by atoms with van der Waals surface area (Å²) in [6.07, 6.45) is 4.41. The van der Waals surface area contributed by atoms with Gasteiger partial charge in [0.15, 0.2) is 0 Å². The Balaban J connectivity index is 2.16. The van der Waals surface area contributed by atoms with Gasteiger partial charge in [-0.25, -0.2) is 4.98 Å². The van der Waals surface area contributed by atoms with Crippen molar-refractivity contribution >= 4 is 11.8 Å². The van der Waals surface area contributed by atoms with Crippen LogP contribution in [-0.4, -0.2) is 29.1 Å². The largest absolute Gasteiger partial charge is 0.354 e. The van der Waals surface area contributed by atoms with E-state index in [2.05, 4.69) is 41.0 Å². The van der Waals surface area contributed by atoms with Crippen molar-refractivity contribution < 1.29 is 0 Å². The fraction of sp³-hybridized carbons (Fsp3) is 0.692. The van der Waals surface area contributed by atoms with Gasteiger partial charge in [-0.05, 0) is 38.7 Å². The number of anilines is 2. The molecule has 94 valence electrons. The lowest BCUT2D eigenvalue weighted by molar-refractivity contribution is 0.388. The number of nitrogens with one attached hydrogen (secondary N) is 1. The Kier molecular flexibility index (Phi) is 3.82. The predicted octanol–water partition coefficient (Wildman–Crippen LogP) is 2.53. The number of hydrogen-bond acceptors (Lipinski definition) is 4. The highest BCUT2D eigenvalue weighted by atomic mass is 15.2. The first-order valence-electron chi connectivity index (χ1n) is 6.54. The highest BCUT2D eigenvalue weighted by molar-refractivity contribution is 5.43. The summed E-state index contributed by atoms with van der Waals surface area (Å²) in [6, 6.07) is 2.59. The van der Waals surface area contributed by atoms with Crippen LogP contribution >= 0.6 is 0 Å². The average molecular weight is 234 g/mol. The van der Waals surface area contributed by atoms with Crippen molar-refractivity contribution in [3.8, 4) is 0 Å². The summed E-state index contributed by atoms with van der Waals surface area (Å²) in [4.78, 5) is 11.2. The van der Waals surface area contributed by atoms with E-state index in [1.54, 1.807) is 0 Å². The molecule has 1 saturated heterocycles. The molecule has 2 heterocycles. The van der Waals surface area contributed by atoms with Crippen LogP contribution in [0.5, 0.6) is 0 Å². The Morgan fingerprint density at radius 3 is 3.00 bits per heavy atom. The first-order chi connectivity index (χ1) is 8.20. The molecule has 2 atom stereocenters. The minimum atomic E-state index is 0.579. The standard InChI is InChI=1S/C13H22N4/c1-4-14-13-15-8-7-12(16-13)17-9-10(2)5-6-11(17)3/h7-8,10-11H,4-6,9H2,1-3H3,(H,14,15,16). The zero-order valence-corrected chi connectivity index (χ0v) is 11.0. The first-order valence-corrected chi connectivity index (χ1v) is 6.54. The van der Waals surface area contributed by atoms with E-state index in [1.807, 2.05) is 12.3 Å². The first kappa shape index (κ1) is 12.1. The lowest BCUT2D eigenvalue weighted by Crippen LogP contribution is -2.41. The zero-order valence-electron chi connectivity index (χ0n) is 11.0. The molecular formula is C13H22N4. The lowest BCUT2D eigenvalue weighted by Gasteiger charge is -2.37. The van der Waals surface area contributed by atoms with Crippen LogP contribution in [0.25, 0.3) is 0 Å². The van der Waals surface area contributed by atoms with Crippen LogP contribution in [0, 0.1) is 5.92 Å². The van der Waals surface area contributed by atoms with Gasteiger partial charge in [-0.3, -0.25) is 0 Å². The van der Waals surface area contributed by atoms with Crippen LogP contribution < -0.4 is 10.2 Å². The predicted molar refractivity (Wildman–Crippen MR) is 71.4 cm³/mol. The molecule has 0 aromatic carbocycles. The summed E-state index contributed by atoms with van der Waals surface area (Å²) in [5, 5.41) is 3.16. The van der Waals surface area contributed by atoms with Gasteiger partial charge in [0.2, 0.25) is 5.95 Å². The molecule has 1 aliphatic rings. The van der Waals surface area contributed by atoms with E-state index in [1.165, 1.54) is 12.8 Å². The summed E-state index contributed by atoms with van der Waals surface area (Å²) in [5.41, 5.74) is 0. The number of piperidine rings is 1. The number of rotatable bonds is 3. The molecule has 4 heteroatoms. The summed E-state index contributed by atoms with van der Waals surface area (Å²) in [6.45, 7) is 8.60. The third kappa shape index (κ3) is 2.87. The number of hydrogen-bond donors (Lipinski definition) is 1. The van der Waals surface area contributed by atoms with Crippen LogP contribution in [-0.2, 0) is 0 Å². The fourth-order valence-corrected chi connectivity index (χ4v) is 2.36. The molecule has 17 heavy (non-hydrogen) atoms. The molecule has 2 rings (SSSR count). The maximum Gasteiger partial charge on any atom is 0.224 e. The van der Waals surface area contributed by atoms with Gasteiger partial charge in [-0.15, -0.1) is 0 Å². The van der Waals surface area contributed by atoms with Gasteiger partial charge in [0, 0.05) is 25.3 Å². The molecule has 1 fully saturated rings. The molecule has 4 nitrogen and oxygen atoms in total. The van der Waals surface area contributed by atoms with Crippen molar-refractivity contribution in [2.24, 2.45) is 5.92 Å². The van der Waals surface area contributed by atoms with Gasteiger partial charge in [0.25, 0.3) is 0 Å². The molecule has 0 amide bonds. The van der Waals surface area contributed by atoms with Crippen molar-refractivity contribution in [2.75, 3.05) is 23.3 Å². The van der Waals surface area contributed by atoms with Crippen LogP contribution in [0.2, 0.25) is 0 Å². The summed E-state index contributed by atoms with van der Waals surface area (Å²) < 4.78 is 0. The van der Waals surface area contributed by atoms with Crippen LogP contribution in [0.3, 0.4) is 0 Å². The van der Waals surface area contributed by atoms with E-state index in [-0.39, 0.29) is 0 Å². The van der Waals surface area contributed by atoms with Gasteiger partial charge in [0.05, 0.1) is 0 Å². The number of aromatic nitrogens is 2. The van der Waals surface area contributed by atoms with Gasteiger partial charge >= 0.3 is 0 Å². The Morgan fingerprint density at radius 2 is 2.24 bits per heavy atom. The minimum Gasteiger partial charge on any atom is -0.354 e. The van der Waals surface area contributed by atoms with Crippen LogP contribution in [0.1, 0.15) is 33.6 Å². The Morgan fingerprint density at radius 1 is 1.41 bits per heavy atom. The third-order valence-corrected chi connectivity index (χ3v) is 3.39. The highest BCUT2D eigenvalue weighted by Crippen LogP contribution is 2.26. The fourth-order valence-electron chi connectivity index (χ4n) is 2.36. The zero-order chi connectivity index (χ0) is 12.3. The lowest BCUT2D eigenvalue weighted by atomic mass is 9.95. The van der Waals surface area contributed by atoms with E-state index >= 15 is 0 Å². The molecular weight excluding hydrogens is 212 g/mol. The number of nitrogens with zero attached hydrogens (tertiary/aromatic N) is 3. The third-order valence-electron chi connectivity index (χ3n) is 3.39. The summed E-state index contributed by atoms with van der Waals surface area (Å²) in [5.74, 6) is 2.54. The van der Waals surface area contributed by atoms with Gasteiger partial charge < -0.3 is 10.2 Å². The molecule has 2 unspecified atom stereocenters. The van der Waals surface area contributed by atoms with Crippen molar-refractivity contribution in [1.82, 2.24) is 9.97 Å². The Labute approximate surface area is 103 Å². The van der Waals surface area contributed by atoms with Crippen molar-refractivity contribution in [1.29, 1.82) is 0 Å². The quantitative estimate of drug-likeness (QED) is 0.872. The molecule has 0 bridgehead atoms. The van der Waals surface area contributed by atoms with E-state index in [4.69, 9.17) is 0 Å². The van der Waals surface area contributed by atoms with Crippen molar-refractivity contribution in [3.05, 3.63) is 12.3 Å². The second kappa shape index (κ2) is 5.34. The van der Waals surface area contributed by atoms with Crippen molar-refractivity contribution in [3.63, 3.8) is 0 Å². The maximum absolute atomic E-state index is 4.57. The molecule has 0 radical (unpaired) electrons. The van der Waals surface area contributed by atoms with E-state index in [0.29, 0.717) is 6.04 Å². The monoisotopic (exact) mass is 234 g/mol. The Bertz CT molecular complexity index is 366. The molecule has 1 aromatic heterocycles. The molecule has 1 aliphatic heterocycles. The SMILES string of the molecule is CCNc1nccc(N2CC(C)CCC2C)n1. The summed E-state index contributed by atoms with van der Waals surface area (Å²) >= 11 is 0. The van der Waals surface area contributed by atoms with Crippen LogP contribution in [0.4, 0.5) is 11.8 Å². The van der Waals surface area contributed by atoms with Crippen molar-refractivity contribution in [2.45, 2.75) is 39.7 Å². The average Bonchev–Trinajstić information content (AvgIpc) is 2.33. The van der Waals surface area contributed by atoms with Crippen LogP contribution in [0.15, 0.2) is 12.3 Å². The molecule has 1 N–H and O–H groups in total. The topological polar surface area (TPSA) is 41.1 Å². The smallest absolute Gasteiger partial charge is 0.224 e. The highest BCUT2D eigenvalue weighted by Gasteiger charge is 2.23. The molecule has 0 aliphatic carbocycles. The van der Waals surface area contributed by atoms with E-state index in [9.17, 15) is 0 Å². The van der Waals surface area contributed by atoms with Gasteiger partial charge in [-0.2, -0.15) is 4.98 Å². The maximum atomic E-state index is 4.57. The summed E-state index contributed by atoms with van der Waals surface area (Å²) in [7, 11) is 0. The normalized spacial score (nSPS) is 24.8. The van der Waals surface area contributed by atoms with E-state index < -0.39 is 0 Å². The second-order valence-corrected chi connectivity index (χ2v) is 4.95. The van der Waals surface area contributed by atoms with E-state index in [0.717, 1.165) is 30.8 Å².